The Bertz CT molecular complexity index is 334. The van der Waals surface area contributed by atoms with Gasteiger partial charge in [-0.1, -0.05) is 29.8 Å². The topological polar surface area (TPSA) is 72.2 Å². The van der Waals surface area contributed by atoms with Gasteiger partial charge in [-0.3, -0.25) is 9.59 Å². The van der Waals surface area contributed by atoms with E-state index in [1.807, 2.05) is 0 Å². The number of rotatable bonds is 3. The molecule has 0 radical (unpaired) electrons. The normalized spacial score (nSPS) is 28.9. The predicted octanol–water partition coefficient (Wildman–Crippen LogP) is 0.470. The van der Waals surface area contributed by atoms with Crippen LogP contribution in [0, 0.1) is 0 Å². The molecule has 3 N–H and O–H groups in total. The molecule has 0 spiro atoms. The SMILES string of the molecule is CC(=O)CC(=O)NC1C=CC=CC1(N)Cl. The number of Topliss-reactive ketones (excluding diaryl/α,β-unsaturated/α-hetero) is 1. The van der Waals surface area contributed by atoms with E-state index in [9.17, 15) is 9.59 Å². The van der Waals surface area contributed by atoms with Crippen molar-refractivity contribution in [3.63, 3.8) is 0 Å². The molecule has 1 rings (SSSR count). The number of carbonyl (C=O) groups is 2. The number of ketones is 1. The van der Waals surface area contributed by atoms with Gasteiger partial charge in [0.1, 0.15) is 10.8 Å². The van der Waals surface area contributed by atoms with Crippen LogP contribution < -0.4 is 11.1 Å². The fourth-order valence-corrected chi connectivity index (χ4v) is 1.44. The smallest absolute Gasteiger partial charge is 0.228 e. The van der Waals surface area contributed by atoms with Gasteiger partial charge in [0.05, 0.1) is 12.5 Å². The molecule has 0 saturated carbocycles. The first-order valence-corrected chi connectivity index (χ1v) is 4.92. The Labute approximate surface area is 93.2 Å². The van der Waals surface area contributed by atoms with E-state index in [-0.39, 0.29) is 18.1 Å². The maximum atomic E-state index is 11.3. The van der Waals surface area contributed by atoms with Crippen molar-refractivity contribution in [2.45, 2.75) is 24.4 Å². The molecule has 1 aliphatic carbocycles. The van der Waals surface area contributed by atoms with Crippen LogP contribution in [0.1, 0.15) is 13.3 Å². The van der Waals surface area contributed by atoms with E-state index in [2.05, 4.69) is 5.32 Å². The molecular weight excluding hydrogens is 216 g/mol. The Morgan fingerprint density at radius 2 is 2.20 bits per heavy atom. The molecule has 0 aromatic heterocycles. The maximum absolute atomic E-state index is 11.3. The molecule has 15 heavy (non-hydrogen) atoms. The van der Waals surface area contributed by atoms with Gasteiger partial charge >= 0.3 is 0 Å². The third kappa shape index (κ3) is 3.49. The summed E-state index contributed by atoms with van der Waals surface area (Å²) >= 11 is 5.96. The summed E-state index contributed by atoms with van der Waals surface area (Å²) in [4.78, 5) is 20.9. The summed E-state index contributed by atoms with van der Waals surface area (Å²) in [6.07, 6.45) is 6.58. The van der Waals surface area contributed by atoms with Gasteiger partial charge in [-0.15, -0.1) is 0 Å². The van der Waals surface area contributed by atoms with Crippen LogP contribution in [-0.4, -0.2) is 22.7 Å². The Morgan fingerprint density at radius 1 is 1.53 bits per heavy atom. The summed E-state index contributed by atoms with van der Waals surface area (Å²) in [5, 5.41) is 2.59. The van der Waals surface area contributed by atoms with E-state index in [1.165, 1.54) is 6.92 Å². The van der Waals surface area contributed by atoms with Crippen LogP contribution in [0.25, 0.3) is 0 Å². The highest BCUT2D eigenvalue weighted by atomic mass is 35.5. The van der Waals surface area contributed by atoms with Crippen LogP contribution in [0.5, 0.6) is 0 Å². The van der Waals surface area contributed by atoms with E-state index >= 15 is 0 Å². The lowest BCUT2D eigenvalue weighted by Crippen LogP contribution is -2.53. The van der Waals surface area contributed by atoms with E-state index in [0.29, 0.717) is 0 Å². The number of nitrogens with two attached hydrogens (primary N) is 1. The minimum atomic E-state index is -1.12. The highest BCUT2D eigenvalue weighted by Crippen LogP contribution is 2.19. The van der Waals surface area contributed by atoms with Crippen molar-refractivity contribution >= 4 is 23.3 Å². The number of allylic oxidation sites excluding steroid dienone is 2. The van der Waals surface area contributed by atoms with Crippen molar-refractivity contribution in [1.82, 2.24) is 5.32 Å². The van der Waals surface area contributed by atoms with Crippen molar-refractivity contribution in [3.05, 3.63) is 24.3 Å². The zero-order valence-corrected chi connectivity index (χ0v) is 9.12. The predicted molar refractivity (Wildman–Crippen MR) is 58.3 cm³/mol. The molecule has 0 fully saturated rings. The zero-order valence-electron chi connectivity index (χ0n) is 8.37. The van der Waals surface area contributed by atoms with Crippen molar-refractivity contribution in [2.24, 2.45) is 5.73 Å². The fraction of sp³-hybridized carbons (Fsp3) is 0.400. The average molecular weight is 229 g/mol. The van der Waals surface area contributed by atoms with Gasteiger partial charge in [-0.05, 0) is 13.0 Å². The molecule has 0 bridgehead atoms. The Morgan fingerprint density at radius 3 is 2.73 bits per heavy atom. The largest absolute Gasteiger partial charge is 0.346 e. The molecule has 0 aromatic rings. The second-order valence-corrected chi connectivity index (χ2v) is 4.15. The van der Waals surface area contributed by atoms with Gasteiger partial charge in [-0.2, -0.15) is 0 Å². The van der Waals surface area contributed by atoms with Gasteiger partial charge in [0.15, 0.2) is 0 Å². The number of nitrogens with one attached hydrogen (secondary N) is 1. The summed E-state index contributed by atoms with van der Waals surface area (Å²) in [5.74, 6) is -0.567. The Kier molecular flexibility index (Phi) is 3.66. The highest BCUT2D eigenvalue weighted by Gasteiger charge is 2.30. The van der Waals surface area contributed by atoms with Crippen LogP contribution >= 0.6 is 11.6 Å². The lowest BCUT2D eigenvalue weighted by atomic mass is 10.0. The third-order valence-electron chi connectivity index (χ3n) is 1.97. The summed E-state index contributed by atoms with van der Waals surface area (Å²) < 4.78 is 0. The second-order valence-electron chi connectivity index (χ2n) is 3.50. The second kappa shape index (κ2) is 4.59. The molecule has 0 aromatic carbocycles. The molecular formula is C10H13ClN2O2. The Balaban J connectivity index is 2.58. The van der Waals surface area contributed by atoms with E-state index in [0.717, 1.165) is 0 Å². The molecule has 0 heterocycles. The van der Waals surface area contributed by atoms with Crippen molar-refractivity contribution < 1.29 is 9.59 Å². The first-order chi connectivity index (χ1) is 6.92. The zero-order chi connectivity index (χ0) is 11.5. The summed E-state index contributed by atoms with van der Waals surface area (Å²) in [6.45, 7) is 1.35. The van der Waals surface area contributed by atoms with E-state index in [1.54, 1.807) is 24.3 Å². The monoisotopic (exact) mass is 228 g/mol. The number of alkyl halides is 1. The summed E-state index contributed by atoms with van der Waals surface area (Å²) in [5.41, 5.74) is 5.73. The summed E-state index contributed by atoms with van der Waals surface area (Å²) in [7, 11) is 0. The number of hydrogen-bond acceptors (Lipinski definition) is 3. The fourth-order valence-electron chi connectivity index (χ4n) is 1.24. The number of amides is 1. The first kappa shape index (κ1) is 11.9. The molecule has 2 atom stereocenters. The van der Waals surface area contributed by atoms with E-state index in [4.69, 9.17) is 17.3 Å². The molecule has 5 heteroatoms. The van der Waals surface area contributed by atoms with Crippen molar-refractivity contribution in [3.8, 4) is 0 Å². The molecule has 1 aliphatic rings. The Hall–Kier alpha value is -1.13. The molecule has 82 valence electrons. The van der Waals surface area contributed by atoms with Crippen LogP contribution in [0.15, 0.2) is 24.3 Å². The standard InChI is InChI=1S/C10H13ClN2O2/c1-7(14)6-9(15)13-8-4-2-3-5-10(8,11)12/h2-5,8H,6,12H2,1H3,(H,13,15). The first-order valence-electron chi connectivity index (χ1n) is 4.54. The van der Waals surface area contributed by atoms with Crippen LogP contribution in [0.2, 0.25) is 0 Å². The van der Waals surface area contributed by atoms with Crippen LogP contribution in [-0.2, 0) is 9.59 Å². The van der Waals surface area contributed by atoms with Gasteiger partial charge in [0.25, 0.3) is 0 Å². The molecule has 0 saturated heterocycles. The number of carbonyl (C=O) groups excluding carboxylic acids is 2. The minimum Gasteiger partial charge on any atom is -0.346 e. The van der Waals surface area contributed by atoms with Crippen molar-refractivity contribution in [1.29, 1.82) is 0 Å². The van der Waals surface area contributed by atoms with Crippen molar-refractivity contribution in [2.75, 3.05) is 0 Å². The van der Waals surface area contributed by atoms with Gasteiger partial charge in [0, 0.05) is 0 Å². The summed E-state index contributed by atoms with van der Waals surface area (Å²) in [6, 6.07) is -0.490. The molecule has 1 amide bonds. The quantitative estimate of drug-likeness (QED) is 0.419. The number of hydrogen-bond donors (Lipinski definition) is 2. The van der Waals surface area contributed by atoms with Crippen LogP contribution in [0.4, 0.5) is 0 Å². The average Bonchev–Trinajstić information content (AvgIpc) is 2.07. The van der Waals surface area contributed by atoms with Gasteiger partial charge in [0.2, 0.25) is 5.91 Å². The van der Waals surface area contributed by atoms with E-state index < -0.39 is 11.0 Å². The lowest BCUT2D eigenvalue weighted by molar-refractivity contribution is -0.127. The van der Waals surface area contributed by atoms with Gasteiger partial charge < -0.3 is 11.1 Å². The molecule has 2 unspecified atom stereocenters. The van der Waals surface area contributed by atoms with Gasteiger partial charge in [-0.25, -0.2) is 0 Å². The maximum Gasteiger partial charge on any atom is 0.228 e. The highest BCUT2D eigenvalue weighted by molar-refractivity contribution is 6.25. The lowest BCUT2D eigenvalue weighted by Gasteiger charge is -2.29. The van der Waals surface area contributed by atoms with Crippen LogP contribution in [0.3, 0.4) is 0 Å². The third-order valence-corrected chi connectivity index (χ3v) is 2.33. The minimum absolute atomic E-state index is 0.152. The number of halogens is 1. The molecule has 0 aliphatic heterocycles. The molecule has 4 nitrogen and oxygen atoms in total.